The summed E-state index contributed by atoms with van der Waals surface area (Å²) in [5.41, 5.74) is 3.13. The highest BCUT2D eigenvalue weighted by molar-refractivity contribution is 5.93. The highest BCUT2D eigenvalue weighted by Gasteiger charge is 2.22. The van der Waals surface area contributed by atoms with Crippen molar-refractivity contribution in [1.29, 1.82) is 0 Å². The molecule has 0 amide bonds. The Morgan fingerprint density at radius 3 is 2.45 bits per heavy atom. The Bertz CT molecular complexity index is 1040. The molecular weight excluding hydrogens is 420 g/mol. The Morgan fingerprint density at radius 1 is 0.970 bits per heavy atom. The van der Waals surface area contributed by atoms with Gasteiger partial charge in [-0.2, -0.15) is 10.2 Å². The van der Waals surface area contributed by atoms with Crippen molar-refractivity contribution in [1.82, 2.24) is 15.5 Å². The summed E-state index contributed by atoms with van der Waals surface area (Å²) in [6.07, 6.45) is 3.97. The molecule has 0 radical (unpaired) electrons. The fraction of sp³-hybridized carbons (Fsp3) is 0.440. The molecule has 2 heterocycles. The van der Waals surface area contributed by atoms with Gasteiger partial charge >= 0.3 is 0 Å². The van der Waals surface area contributed by atoms with Gasteiger partial charge in [-0.3, -0.25) is 0 Å². The normalized spacial score (nSPS) is 14.5. The lowest BCUT2D eigenvalue weighted by Gasteiger charge is -2.34. The van der Waals surface area contributed by atoms with E-state index in [1.165, 1.54) is 5.56 Å². The Kier molecular flexibility index (Phi) is 7.80. The quantitative estimate of drug-likeness (QED) is 0.469. The zero-order valence-corrected chi connectivity index (χ0v) is 19.5. The number of nitrogens with one attached hydrogen (secondary N) is 1. The minimum absolute atomic E-state index is 0.456. The maximum atomic E-state index is 5.89. The number of ether oxygens (including phenoxy) is 4. The molecular formula is C25H32N4O4. The molecule has 1 saturated heterocycles. The largest absolute Gasteiger partial charge is 0.497 e. The zero-order chi connectivity index (χ0) is 23.0. The van der Waals surface area contributed by atoms with Crippen molar-refractivity contribution in [2.45, 2.75) is 25.4 Å². The first-order valence-electron chi connectivity index (χ1n) is 11.3. The van der Waals surface area contributed by atoms with Gasteiger partial charge in [0, 0.05) is 44.2 Å². The first-order valence-corrected chi connectivity index (χ1v) is 11.3. The van der Waals surface area contributed by atoms with Crippen molar-refractivity contribution in [3.05, 3.63) is 48.2 Å². The minimum atomic E-state index is 0.456. The highest BCUT2D eigenvalue weighted by Crippen LogP contribution is 2.36. The number of piperidine rings is 1. The molecule has 8 heteroatoms. The predicted molar refractivity (Wildman–Crippen MR) is 129 cm³/mol. The van der Waals surface area contributed by atoms with Gasteiger partial charge in [0.1, 0.15) is 12.4 Å². The van der Waals surface area contributed by atoms with Crippen LogP contribution in [0.15, 0.2) is 42.6 Å². The van der Waals surface area contributed by atoms with Crippen LogP contribution in [0.1, 0.15) is 18.4 Å². The lowest BCUT2D eigenvalue weighted by Crippen LogP contribution is -2.42. The second kappa shape index (κ2) is 11.2. The van der Waals surface area contributed by atoms with E-state index in [0.29, 0.717) is 30.8 Å². The van der Waals surface area contributed by atoms with E-state index in [9.17, 15) is 0 Å². The van der Waals surface area contributed by atoms with Gasteiger partial charge in [0.15, 0.2) is 11.5 Å². The van der Waals surface area contributed by atoms with Gasteiger partial charge in [-0.05, 0) is 36.6 Å². The average Bonchev–Trinajstić information content (AvgIpc) is 2.87. The molecule has 176 valence electrons. The van der Waals surface area contributed by atoms with Gasteiger partial charge in [-0.1, -0.05) is 12.1 Å². The first kappa shape index (κ1) is 23.1. The molecule has 1 aliphatic rings. The monoisotopic (exact) mass is 452 g/mol. The minimum Gasteiger partial charge on any atom is -0.497 e. The van der Waals surface area contributed by atoms with Crippen molar-refractivity contribution in [3.8, 4) is 17.2 Å². The van der Waals surface area contributed by atoms with E-state index in [-0.39, 0.29) is 0 Å². The molecule has 1 fully saturated rings. The molecule has 3 aromatic rings. The number of aromatic nitrogens is 2. The Balaban J connectivity index is 1.42. The van der Waals surface area contributed by atoms with Crippen molar-refractivity contribution >= 4 is 16.6 Å². The molecule has 1 N–H and O–H groups in total. The summed E-state index contributed by atoms with van der Waals surface area (Å²) >= 11 is 0. The first-order chi connectivity index (χ1) is 16.2. The summed E-state index contributed by atoms with van der Waals surface area (Å²) in [7, 11) is 4.98. The maximum absolute atomic E-state index is 5.89. The van der Waals surface area contributed by atoms with Crippen LogP contribution >= 0.6 is 0 Å². The Hall–Kier alpha value is -3.10. The van der Waals surface area contributed by atoms with E-state index in [1.807, 2.05) is 30.5 Å². The molecule has 0 aliphatic carbocycles. The van der Waals surface area contributed by atoms with Crippen LogP contribution in [0.3, 0.4) is 0 Å². The number of hydrogen-bond donors (Lipinski definition) is 1. The third-order valence-electron chi connectivity index (χ3n) is 6.04. The van der Waals surface area contributed by atoms with Gasteiger partial charge in [0.05, 0.1) is 38.2 Å². The number of hydrogen-bond acceptors (Lipinski definition) is 8. The molecule has 4 rings (SSSR count). The molecule has 1 aromatic heterocycles. The molecule has 0 saturated carbocycles. The topological polar surface area (TPSA) is 78.0 Å². The van der Waals surface area contributed by atoms with Crippen molar-refractivity contribution in [2.75, 3.05) is 52.5 Å². The molecule has 0 unspecified atom stereocenters. The zero-order valence-electron chi connectivity index (χ0n) is 19.5. The van der Waals surface area contributed by atoms with E-state index in [4.69, 9.17) is 18.9 Å². The Morgan fingerprint density at radius 2 is 1.76 bits per heavy atom. The van der Waals surface area contributed by atoms with Gasteiger partial charge in [0.25, 0.3) is 0 Å². The van der Waals surface area contributed by atoms with Crippen LogP contribution < -0.4 is 24.4 Å². The van der Waals surface area contributed by atoms with Crippen molar-refractivity contribution < 1.29 is 18.9 Å². The molecule has 0 spiro atoms. The van der Waals surface area contributed by atoms with E-state index in [2.05, 4.69) is 32.5 Å². The van der Waals surface area contributed by atoms with Gasteiger partial charge in [-0.25, -0.2) is 0 Å². The van der Waals surface area contributed by atoms with Crippen molar-refractivity contribution in [3.63, 3.8) is 0 Å². The molecule has 0 atom stereocenters. The molecule has 0 bridgehead atoms. The second-order valence-corrected chi connectivity index (χ2v) is 8.08. The SMILES string of the molecule is COCCOc1cc2c(N3CCC(NCc4ccc(OC)cc4)CC3)cnnc2cc1OC. The number of fused-ring (bicyclic) bond motifs is 1. The van der Waals surface area contributed by atoms with Gasteiger partial charge < -0.3 is 29.2 Å². The standard InChI is InChI=1S/C25H32N4O4/c1-30-12-13-33-25-14-21-22(15-24(25)32-3)28-27-17-23(21)29-10-8-19(9-11-29)26-16-18-4-6-20(31-2)7-5-18/h4-7,14-15,17,19,26H,8-13,16H2,1-3H3. The van der Waals surface area contributed by atoms with E-state index in [1.54, 1.807) is 21.3 Å². The fourth-order valence-electron chi connectivity index (χ4n) is 4.14. The lowest BCUT2D eigenvalue weighted by molar-refractivity contribution is 0.144. The van der Waals surface area contributed by atoms with Crippen molar-refractivity contribution in [2.24, 2.45) is 0 Å². The van der Waals surface area contributed by atoms with Crippen LogP contribution in [0.2, 0.25) is 0 Å². The second-order valence-electron chi connectivity index (χ2n) is 8.08. The van der Waals surface area contributed by atoms with Crippen LogP contribution in [0, 0.1) is 0 Å². The molecule has 2 aromatic carbocycles. The number of methoxy groups -OCH3 is 3. The summed E-state index contributed by atoms with van der Waals surface area (Å²) in [6, 6.07) is 12.6. The summed E-state index contributed by atoms with van der Waals surface area (Å²) in [5, 5.41) is 13.3. The summed E-state index contributed by atoms with van der Waals surface area (Å²) in [4.78, 5) is 2.38. The molecule has 8 nitrogen and oxygen atoms in total. The molecule has 33 heavy (non-hydrogen) atoms. The van der Waals surface area contributed by atoms with E-state index < -0.39 is 0 Å². The summed E-state index contributed by atoms with van der Waals surface area (Å²) in [5.74, 6) is 2.22. The van der Waals surface area contributed by atoms with E-state index >= 15 is 0 Å². The number of rotatable bonds is 10. The number of nitrogens with zero attached hydrogens (tertiary/aromatic N) is 3. The summed E-state index contributed by atoms with van der Waals surface area (Å²) < 4.78 is 21.7. The average molecular weight is 453 g/mol. The smallest absolute Gasteiger partial charge is 0.163 e. The number of benzene rings is 2. The highest BCUT2D eigenvalue weighted by atomic mass is 16.5. The van der Waals surface area contributed by atoms with Crippen LogP contribution in [0.4, 0.5) is 5.69 Å². The third-order valence-corrected chi connectivity index (χ3v) is 6.04. The van der Waals surface area contributed by atoms with Crippen LogP contribution in [-0.4, -0.2) is 63.9 Å². The lowest BCUT2D eigenvalue weighted by atomic mass is 10.0. The predicted octanol–water partition coefficient (Wildman–Crippen LogP) is 3.43. The third kappa shape index (κ3) is 5.64. The van der Waals surface area contributed by atoms with Gasteiger partial charge in [-0.15, -0.1) is 0 Å². The summed E-state index contributed by atoms with van der Waals surface area (Å²) in [6.45, 7) is 3.73. The van der Waals surface area contributed by atoms with E-state index in [0.717, 1.165) is 54.8 Å². The molecule has 1 aliphatic heterocycles. The van der Waals surface area contributed by atoms with Crippen LogP contribution in [0.5, 0.6) is 17.2 Å². The van der Waals surface area contributed by atoms with Crippen LogP contribution in [0.25, 0.3) is 10.9 Å². The number of anilines is 1. The maximum Gasteiger partial charge on any atom is 0.163 e. The fourth-order valence-corrected chi connectivity index (χ4v) is 4.14. The Labute approximate surface area is 194 Å². The van der Waals surface area contributed by atoms with Crippen LogP contribution in [-0.2, 0) is 11.3 Å². The van der Waals surface area contributed by atoms with Gasteiger partial charge in [0.2, 0.25) is 0 Å².